The molecule has 2 saturated carbocycles. The summed E-state index contributed by atoms with van der Waals surface area (Å²) in [5.41, 5.74) is 0.377. The van der Waals surface area contributed by atoms with Gasteiger partial charge in [-0.25, -0.2) is 0 Å². The summed E-state index contributed by atoms with van der Waals surface area (Å²) in [6, 6.07) is 10.2. The van der Waals surface area contributed by atoms with E-state index in [4.69, 9.17) is 0 Å². The third-order valence-corrected chi connectivity index (χ3v) is 6.29. The molecule has 4 nitrogen and oxygen atoms in total. The van der Waals surface area contributed by atoms with Crippen LogP contribution in [0.15, 0.2) is 30.3 Å². The Balaban J connectivity index is 1.78. The Kier molecular flexibility index (Phi) is 3.26. The first-order valence-corrected chi connectivity index (χ1v) is 8.67. The van der Waals surface area contributed by atoms with E-state index in [1.54, 1.807) is 0 Å². The van der Waals surface area contributed by atoms with Crippen LogP contribution in [-0.4, -0.2) is 47.8 Å². The normalized spacial score (nSPS) is 36.9. The van der Waals surface area contributed by atoms with Gasteiger partial charge in [-0.05, 0) is 24.8 Å². The molecule has 23 heavy (non-hydrogen) atoms. The van der Waals surface area contributed by atoms with Crippen molar-refractivity contribution in [2.75, 3.05) is 14.1 Å². The van der Waals surface area contributed by atoms with Crippen LogP contribution in [0.5, 0.6) is 0 Å². The number of carbonyl (C=O) groups is 2. The van der Waals surface area contributed by atoms with E-state index in [-0.39, 0.29) is 29.8 Å². The van der Waals surface area contributed by atoms with E-state index in [1.165, 1.54) is 0 Å². The first-order valence-electron chi connectivity index (χ1n) is 8.67. The summed E-state index contributed by atoms with van der Waals surface area (Å²) >= 11 is 0. The van der Waals surface area contributed by atoms with Crippen LogP contribution in [0.4, 0.5) is 0 Å². The van der Waals surface area contributed by atoms with E-state index in [0.717, 1.165) is 31.2 Å². The molecule has 3 fully saturated rings. The van der Waals surface area contributed by atoms with Gasteiger partial charge in [0, 0.05) is 14.1 Å². The Morgan fingerprint density at radius 3 is 2.22 bits per heavy atom. The van der Waals surface area contributed by atoms with Crippen LogP contribution in [0.1, 0.15) is 37.7 Å². The Labute approximate surface area is 137 Å². The van der Waals surface area contributed by atoms with Crippen LogP contribution < -0.4 is 0 Å². The lowest BCUT2D eigenvalue weighted by Gasteiger charge is -2.45. The summed E-state index contributed by atoms with van der Waals surface area (Å²) in [5.74, 6) is 0.118. The van der Waals surface area contributed by atoms with Crippen molar-refractivity contribution in [1.82, 2.24) is 9.80 Å². The minimum Gasteiger partial charge on any atom is -0.340 e. The van der Waals surface area contributed by atoms with Gasteiger partial charge < -0.3 is 9.80 Å². The van der Waals surface area contributed by atoms with E-state index in [2.05, 4.69) is 0 Å². The topological polar surface area (TPSA) is 40.6 Å². The molecule has 2 unspecified atom stereocenters. The predicted molar refractivity (Wildman–Crippen MR) is 87.8 cm³/mol. The zero-order chi connectivity index (χ0) is 16.2. The van der Waals surface area contributed by atoms with Crippen molar-refractivity contribution in [3.63, 3.8) is 0 Å². The number of hydrogen-bond donors (Lipinski definition) is 0. The second kappa shape index (κ2) is 5.08. The smallest absolute Gasteiger partial charge is 0.234 e. The molecule has 0 spiro atoms. The highest BCUT2D eigenvalue weighted by Crippen LogP contribution is 2.57. The van der Waals surface area contributed by atoms with E-state index < -0.39 is 5.41 Å². The molecule has 1 heterocycles. The largest absolute Gasteiger partial charge is 0.340 e. The van der Waals surface area contributed by atoms with Crippen molar-refractivity contribution in [3.05, 3.63) is 35.9 Å². The first-order chi connectivity index (χ1) is 11.1. The average molecular weight is 312 g/mol. The van der Waals surface area contributed by atoms with Crippen LogP contribution in [0.3, 0.4) is 0 Å². The van der Waals surface area contributed by atoms with Gasteiger partial charge in [0.05, 0.1) is 23.4 Å². The van der Waals surface area contributed by atoms with Crippen LogP contribution in [0, 0.1) is 5.92 Å². The molecule has 4 atom stereocenters. The lowest BCUT2D eigenvalue weighted by molar-refractivity contribution is -0.147. The van der Waals surface area contributed by atoms with Crippen LogP contribution in [-0.2, 0) is 15.0 Å². The van der Waals surface area contributed by atoms with Crippen LogP contribution in [0.2, 0.25) is 0 Å². The third kappa shape index (κ3) is 1.97. The maximum Gasteiger partial charge on any atom is 0.234 e. The molecule has 1 aromatic carbocycles. The number of hydrogen-bond acceptors (Lipinski definition) is 2. The minimum absolute atomic E-state index is 0.145. The van der Waals surface area contributed by atoms with Gasteiger partial charge in [0.2, 0.25) is 11.8 Å². The second-order valence-corrected chi connectivity index (χ2v) is 7.38. The molecule has 4 heteroatoms. The summed E-state index contributed by atoms with van der Waals surface area (Å²) in [6.07, 6.45) is 4.95. The van der Waals surface area contributed by atoms with Crippen molar-refractivity contribution in [2.24, 2.45) is 5.92 Å². The number of likely N-dealkylation sites (N-methyl/N-ethyl adjacent to an activating group) is 2. The van der Waals surface area contributed by atoms with Gasteiger partial charge in [-0.1, -0.05) is 43.2 Å². The summed E-state index contributed by atoms with van der Waals surface area (Å²) in [6.45, 7) is 0. The molecule has 3 aliphatic rings. The lowest BCUT2D eigenvalue weighted by Crippen LogP contribution is -2.59. The highest BCUT2D eigenvalue weighted by molar-refractivity contribution is 6.01. The van der Waals surface area contributed by atoms with Crippen molar-refractivity contribution < 1.29 is 9.59 Å². The third-order valence-electron chi connectivity index (χ3n) is 6.29. The van der Waals surface area contributed by atoms with Gasteiger partial charge in [0.25, 0.3) is 0 Å². The average Bonchev–Trinajstić information content (AvgIpc) is 3.36. The Bertz CT molecular complexity index is 644. The summed E-state index contributed by atoms with van der Waals surface area (Å²) in [4.78, 5) is 30.2. The predicted octanol–water partition coefficient (Wildman–Crippen LogP) is 2.19. The summed E-state index contributed by atoms with van der Waals surface area (Å²) < 4.78 is 0. The lowest BCUT2D eigenvalue weighted by atomic mass is 9.83. The molecular formula is C19H24N2O2. The standard InChI is InChI=1S/C19H24N2O2/c1-20-15-10-6-7-11-16(15)21(2)18(23)19(12-14(19)17(20)22)13-8-4-3-5-9-13/h3-5,8-9,14-16H,6-7,10-12H2,1-2H3/t14-,15?,16?,19+/m1/s1. The number of rotatable bonds is 1. The maximum atomic E-state index is 13.3. The highest BCUT2D eigenvalue weighted by atomic mass is 16.2. The molecule has 2 aliphatic carbocycles. The number of nitrogens with zero attached hydrogens (tertiary/aromatic N) is 2. The SMILES string of the molecule is CN1C(=O)[C@H]2C[C@@]2(c2ccccc2)C(=O)N(C)C2CCCCC21. The molecule has 2 amide bonds. The molecule has 122 valence electrons. The molecule has 4 rings (SSSR count). The van der Waals surface area contributed by atoms with Crippen molar-refractivity contribution in [1.29, 1.82) is 0 Å². The zero-order valence-electron chi connectivity index (χ0n) is 13.9. The van der Waals surface area contributed by atoms with Gasteiger partial charge in [-0.15, -0.1) is 0 Å². The Hall–Kier alpha value is -1.84. The molecule has 1 aliphatic heterocycles. The Morgan fingerprint density at radius 2 is 1.57 bits per heavy atom. The number of fused-ring (bicyclic) bond motifs is 2. The molecule has 1 saturated heterocycles. The number of carbonyl (C=O) groups excluding carboxylic acids is 2. The Morgan fingerprint density at radius 1 is 0.957 bits per heavy atom. The van der Waals surface area contributed by atoms with Gasteiger partial charge in [0.1, 0.15) is 0 Å². The fourth-order valence-corrected chi connectivity index (χ4v) is 4.85. The first kappa shape index (κ1) is 14.7. The zero-order valence-corrected chi connectivity index (χ0v) is 13.9. The molecule has 1 aromatic rings. The van der Waals surface area contributed by atoms with Crippen molar-refractivity contribution in [2.45, 2.75) is 49.6 Å². The number of benzene rings is 1. The van der Waals surface area contributed by atoms with E-state index in [1.807, 2.05) is 54.2 Å². The molecule has 0 radical (unpaired) electrons. The van der Waals surface area contributed by atoms with E-state index >= 15 is 0 Å². The van der Waals surface area contributed by atoms with E-state index in [0.29, 0.717) is 6.42 Å². The quantitative estimate of drug-likeness (QED) is 0.797. The molecular weight excluding hydrogens is 288 g/mol. The van der Waals surface area contributed by atoms with Gasteiger partial charge in [-0.2, -0.15) is 0 Å². The minimum atomic E-state index is -0.621. The fourth-order valence-electron chi connectivity index (χ4n) is 4.85. The monoisotopic (exact) mass is 312 g/mol. The van der Waals surface area contributed by atoms with Crippen molar-refractivity contribution >= 4 is 11.8 Å². The van der Waals surface area contributed by atoms with Gasteiger partial charge in [0.15, 0.2) is 0 Å². The van der Waals surface area contributed by atoms with Crippen molar-refractivity contribution in [3.8, 4) is 0 Å². The summed E-state index contributed by atoms with van der Waals surface area (Å²) in [5, 5.41) is 0. The molecule has 0 bridgehead atoms. The van der Waals surface area contributed by atoms with Gasteiger partial charge >= 0.3 is 0 Å². The van der Waals surface area contributed by atoms with E-state index in [9.17, 15) is 9.59 Å². The second-order valence-electron chi connectivity index (χ2n) is 7.38. The molecule has 0 N–H and O–H groups in total. The van der Waals surface area contributed by atoms with Gasteiger partial charge in [-0.3, -0.25) is 9.59 Å². The number of amides is 2. The highest BCUT2D eigenvalue weighted by Gasteiger charge is 2.67. The molecule has 0 aromatic heterocycles. The van der Waals surface area contributed by atoms with Crippen LogP contribution >= 0.6 is 0 Å². The van der Waals surface area contributed by atoms with Crippen LogP contribution in [0.25, 0.3) is 0 Å². The maximum absolute atomic E-state index is 13.3. The summed E-state index contributed by atoms with van der Waals surface area (Å²) in [7, 11) is 3.87. The fraction of sp³-hybridized carbons (Fsp3) is 0.579.